The molecule has 0 spiro atoms. The number of anilines is 3. The second-order valence-corrected chi connectivity index (χ2v) is 12.7. The molecule has 3 aliphatic heterocycles. The number of alkyl halides is 3. The Labute approximate surface area is 251 Å². The Morgan fingerprint density at radius 2 is 1.84 bits per heavy atom. The summed E-state index contributed by atoms with van der Waals surface area (Å²) >= 11 is 0. The van der Waals surface area contributed by atoms with Gasteiger partial charge >= 0.3 is 12.2 Å². The van der Waals surface area contributed by atoms with Gasteiger partial charge in [-0.3, -0.25) is 0 Å². The largest absolute Gasteiger partial charge is 0.461 e. The second-order valence-electron chi connectivity index (χ2n) is 12.7. The smallest absolute Gasteiger partial charge is 0.417 e. The van der Waals surface area contributed by atoms with Gasteiger partial charge in [0.05, 0.1) is 22.5 Å². The Morgan fingerprint density at radius 1 is 1.11 bits per heavy atom. The van der Waals surface area contributed by atoms with Crippen LogP contribution in [0.25, 0.3) is 32.9 Å². The summed E-state index contributed by atoms with van der Waals surface area (Å²) in [5, 5.41) is 7.20. The van der Waals surface area contributed by atoms with Crippen LogP contribution in [0, 0.1) is 12.7 Å². The van der Waals surface area contributed by atoms with Gasteiger partial charge in [0.2, 0.25) is 0 Å². The van der Waals surface area contributed by atoms with Crippen LogP contribution in [0.2, 0.25) is 0 Å². The summed E-state index contributed by atoms with van der Waals surface area (Å²) in [6, 6.07) is 4.51. The van der Waals surface area contributed by atoms with Crippen molar-refractivity contribution in [3.05, 3.63) is 35.3 Å². The molecule has 5 heterocycles. The lowest BCUT2D eigenvalue weighted by molar-refractivity contribution is -0.137. The molecule has 0 aliphatic carbocycles. The Hall–Kier alpha value is -3.84. The number of fused-ring (bicyclic) bond motifs is 4. The molecule has 3 fully saturated rings. The number of nitrogens with two attached hydrogens (primary N) is 2. The fourth-order valence-electron chi connectivity index (χ4n) is 7.24. The number of halogens is 4. The predicted octanol–water partition coefficient (Wildman–Crippen LogP) is 4.88. The summed E-state index contributed by atoms with van der Waals surface area (Å²) in [5.41, 5.74) is 11.4. The molecule has 3 saturated heterocycles. The summed E-state index contributed by atoms with van der Waals surface area (Å²) in [6.45, 7) is 5.82. The third-order valence-corrected chi connectivity index (χ3v) is 9.67. The molecule has 2 aromatic heterocycles. The van der Waals surface area contributed by atoms with Crippen molar-refractivity contribution in [2.75, 3.05) is 42.6 Å². The second kappa shape index (κ2) is 10.1. The lowest BCUT2D eigenvalue weighted by atomic mass is 9.93. The standard InChI is InChI=1S/C31H36F4N8O/c1-15-22(24-21(42(15)3)8-7-20(36)26(24)37)23-19(31(33,34)35)11-18-27(25(23)32)40-29(44-14-30(2)9-4-10-38-30)41-28(18)43-12-16-5-6-17(13-43)39-16/h7-8,11,16-17,38-39H,4-6,9-10,12-14,36-37H2,1-3H3/t16?,17?,30-/m0/s1. The number of nitrogens with one attached hydrogen (secondary N) is 2. The van der Waals surface area contributed by atoms with E-state index in [4.69, 9.17) is 16.2 Å². The molecule has 7 rings (SSSR count). The van der Waals surface area contributed by atoms with Gasteiger partial charge in [0, 0.05) is 65.4 Å². The van der Waals surface area contributed by atoms with Gasteiger partial charge in [0.25, 0.3) is 0 Å². The first-order valence-corrected chi connectivity index (χ1v) is 15.0. The Kier molecular flexibility index (Phi) is 6.63. The zero-order valence-corrected chi connectivity index (χ0v) is 24.9. The van der Waals surface area contributed by atoms with E-state index in [9.17, 15) is 13.2 Å². The Balaban J connectivity index is 1.49. The van der Waals surface area contributed by atoms with Crippen LogP contribution < -0.4 is 31.7 Å². The molecule has 9 nitrogen and oxygen atoms in total. The number of aromatic nitrogens is 3. The van der Waals surface area contributed by atoms with E-state index in [1.807, 2.05) is 11.8 Å². The van der Waals surface area contributed by atoms with Crippen molar-refractivity contribution in [1.29, 1.82) is 0 Å². The number of ether oxygens (including phenoxy) is 1. The summed E-state index contributed by atoms with van der Waals surface area (Å²) in [7, 11) is 1.70. The molecule has 13 heteroatoms. The maximum Gasteiger partial charge on any atom is 0.417 e. The van der Waals surface area contributed by atoms with Gasteiger partial charge in [0.15, 0.2) is 5.82 Å². The highest BCUT2D eigenvalue weighted by atomic mass is 19.4. The number of nitrogens with zero attached hydrogens (tertiary/aromatic N) is 4. The average molecular weight is 613 g/mol. The van der Waals surface area contributed by atoms with Crippen LogP contribution in [0.5, 0.6) is 6.01 Å². The predicted molar refractivity (Wildman–Crippen MR) is 163 cm³/mol. The van der Waals surface area contributed by atoms with Gasteiger partial charge in [-0.25, -0.2) is 4.39 Å². The van der Waals surface area contributed by atoms with Crippen molar-refractivity contribution in [3.63, 3.8) is 0 Å². The maximum absolute atomic E-state index is 17.0. The monoisotopic (exact) mass is 612 g/mol. The first-order chi connectivity index (χ1) is 20.8. The van der Waals surface area contributed by atoms with Crippen LogP contribution >= 0.6 is 0 Å². The van der Waals surface area contributed by atoms with Crippen molar-refractivity contribution in [2.45, 2.75) is 63.3 Å². The molecule has 0 radical (unpaired) electrons. The summed E-state index contributed by atoms with van der Waals surface area (Å²) in [5.74, 6) is -0.869. The van der Waals surface area contributed by atoms with Crippen molar-refractivity contribution in [3.8, 4) is 17.1 Å². The molecule has 4 aromatic rings. The van der Waals surface area contributed by atoms with E-state index >= 15 is 4.39 Å². The highest BCUT2D eigenvalue weighted by Gasteiger charge is 2.40. The molecular weight excluding hydrogens is 576 g/mol. The van der Waals surface area contributed by atoms with Crippen molar-refractivity contribution in [2.24, 2.45) is 7.05 Å². The van der Waals surface area contributed by atoms with Gasteiger partial charge in [-0.1, -0.05) is 0 Å². The first-order valence-electron chi connectivity index (χ1n) is 15.0. The molecule has 44 heavy (non-hydrogen) atoms. The van der Waals surface area contributed by atoms with Crippen molar-refractivity contribution < 1.29 is 22.3 Å². The summed E-state index contributed by atoms with van der Waals surface area (Å²) < 4.78 is 69.7. The number of nitrogen functional groups attached to an aromatic ring is 2. The molecule has 3 aliphatic rings. The SMILES string of the molecule is Cc1c(-c2c(C(F)(F)F)cc3c(N4CC5CCC(C4)N5)nc(OC[C@]4(C)CCCN4)nc3c2F)c2c(N)c(N)ccc2n1C. The molecule has 234 valence electrons. The minimum absolute atomic E-state index is 0.0113. The fourth-order valence-corrected chi connectivity index (χ4v) is 7.24. The number of hydrogen-bond donors (Lipinski definition) is 4. The van der Waals surface area contributed by atoms with Crippen LogP contribution in [-0.4, -0.2) is 58.4 Å². The van der Waals surface area contributed by atoms with E-state index in [0.717, 1.165) is 38.3 Å². The van der Waals surface area contributed by atoms with E-state index in [1.165, 1.54) is 0 Å². The van der Waals surface area contributed by atoms with Crippen LogP contribution in [0.15, 0.2) is 18.2 Å². The Morgan fingerprint density at radius 3 is 2.50 bits per heavy atom. The van der Waals surface area contributed by atoms with Crippen LogP contribution in [0.1, 0.15) is 43.9 Å². The van der Waals surface area contributed by atoms with Gasteiger partial charge in [-0.2, -0.15) is 23.1 Å². The molecule has 2 aromatic carbocycles. The van der Waals surface area contributed by atoms with Gasteiger partial charge in [-0.05, 0) is 64.3 Å². The minimum Gasteiger partial charge on any atom is -0.461 e. The number of benzene rings is 2. The number of rotatable bonds is 5. The fraction of sp³-hybridized carbons (Fsp3) is 0.484. The van der Waals surface area contributed by atoms with Gasteiger partial charge in [0.1, 0.15) is 17.9 Å². The molecule has 6 N–H and O–H groups in total. The molecule has 0 saturated carbocycles. The quantitative estimate of drug-likeness (QED) is 0.186. The molecule has 2 unspecified atom stereocenters. The maximum atomic E-state index is 17.0. The van der Waals surface area contributed by atoms with E-state index in [2.05, 4.69) is 20.6 Å². The summed E-state index contributed by atoms with van der Waals surface area (Å²) in [4.78, 5) is 11.0. The molecule has 3 atom stereocenters. The summed E-state index contributed by atoms with van der Waals surface area (Å²) in [6.07, 6.45) is -1.12. The number of piperazine rings is 1. The van der Waals surface area contributed by atoms with Crippen molar-refractivity contribution in [1.82, 2.24) is 25.2 Å². The van der Waals surface area contributed by atoms with Gasteiger partial charge < -0.3 is 36.3 Å². The molecule has 0 amide bonds. The van der Waals surface area contributed by atoms with E-state index in [1.54, 1.807) is 30.7 Å². The lowest BCUT2D eigenvalue weighted by Gasteiger charge is -2.34. The highest BCUT2D eigenvalue weighted by molar-refractivity contribution is 6.10. The number of aryl methyl sites for hydroxylation is 1. The lowest BCUT2D eigenvalue weighted by Crippen LogP contribution is -2.51. The van der Waals surface area contributed by atoms with E-state index < -0.39 is 23.1 Å². The topological polar surface area (TPSA) is 119 Å². The third kappa shape index (κ3) is 4.59. The zero-order valence-electron chi connectivity index (χ0n) is 24.9. The zero-order chi connectivity index (χ0) is 31.1. The molecular formula is C31H36F4N8O. The minimum atomic E-state index is -4.90. The molecule has 2 bridgehead atoms. The van der Waals surface area contributed by atoms with Crippen molar-refractivity contribution >= 4 is 39.0 Å². The van der Waals surface area contributed by atoms with Gasteiger partial charge in [-0.15, -0.1) is 0 Å². The van der Waals surface area contributed by atoms with E-state index in [-0.39, 0.29) is 69.3 Å². The Bertz CT molecular complexity index is 1780. The highest BCUT2D eigenvalue weighted by Crippen LogP contribution is 2.48. The van der Waals surface area contributed by atoms with Crippen LogP contribution in [0.4, 0.5) is 34.8 Å². The van der Waals surface area contributed by atoms with Crippen LogP contribution in [0.3, 0.4) is 0 Å². The third-order valence-electron chi connectivity index (χ3n) is 9.67. The van der Waals surface area contributed by atoms with Crippen LogP contribution in [-0.2, 0) is 13.2 Å². The normalized spacial score (nSPS) is 23.8. The first kappa shape index (κ1) is 28.9. The average Bonchev–Trinajstić information content (AvgIpc) is 3.64. The van der Waals surface area contributed by atoms with E-state index in [0.29, 0.717) is 24.3 Å². The number of hydrogen-bond acceptors (Lipinski definition) is 8.